The summed E-state index contributed by atoms with van der Waals surface area (Å²) in [6.07, 6.45) is 2.44. The van der Waals surface area contributed by atoms with Crippen molar-refractivity contribution in [1.82, 2.24) is 15.1 Å². The number of hydrogen-bond donors (Lipinski definition) is 1. The van der Waals surface area contributed by atoms with Crippen LogP contribution in [0.25, 0.3) is 0 Å². The maximum absolute atomic E-state index is 12.6. The summed E-state index contributed by atoms with van der Waals surface area (Å²) in [7, 11) is 0. The molecule has 0 aromatic heterocycles. The van der Waals surface area contributed by atoms with Gasteiger partial charge in [-0.3, -0.25) is 9.69 Å². The molecule has 0 aliphatic carbocycles. The molecule has 0 unspecified atom stereocenters. The van der Waals surface area contributed by atoms with Crippen LogP contribution in [0.4, 0.5) is 0 Å². The van der Waals surface area contributed by atoms with Gasteiger partial charge in [-0.2, -0.15) is 5.26 Å². The molecule has 0 bridgehead atoms. The van der Waals surface area contributed by atoms with Crippen LogP contribution < -0.4 is 5.32 Å². The fourth-order valence-electron chi connectivity index (χ4n) is 2.92. The van der Waals surface area contributed by atoms with Gasteiger partial charge >= 0.3 is 0 Å². The third-order valence-corrected chi connectivity index (χ3v) is 4.24. The quantitative estimate of drug-likeness (QED) is 0.750. The fraction of sp³-hybridized carbons (Fsp3) is 0.867. The van der Waals surface area contributed by atoms with E-state index in [4.69, 9.17) is 10.00 Å². The maximum atomic E-state index is 12.6. The lowest BCUT2D eigenvalue weighted by atomic mass is 9.98. The van der Waals surface area contributed by atoms with Gasteiger partial charge in [0.25, 0.3) is 0 Å². The molecule has 2 rings (SSSR count). The highest BCUT2D eigenvalue weighted by molar-refractivity contribution is 5.79. The van der Waals surface area contributed by atoms with E-state index in [0.717, 1.165) is 65.3 Å². The zero-order valence-corrected chi connectivity index (χ0v) is 12.7. The number of nitrogens with zero attached hydrogens (tertiary/aromatic N) is 3. The summed E-state index contributed by atoms with van der Waals surface area (Å²) < 4.78 is 5.34. The molecule has 2 aliphatic heterocycles. The zero-order valence-electron chi connectivity index (χ0n) is 12.7. The Bertz CT molecular complexity index is 357. The van der Waals surface area contributed by atoms with E-state index in [2.05, 4.69) is 16.3 Å². The Balaban J connectivity index is 1.83. The SMILES string of the molecule is N#CCCN(CCN1CCOCC1)C(=O)[C@H]1CCCNC1. The molecule has 2 saturated heterocycles. The predicted molar refractivity (Wildman–Crippen MR) is 79.7 cm³/mol. The van der Waals surface area contributed by atoms with E-state index >= 15 is 0 Å². The molecule has 0 spiro atoms. The highest BCUT2D eigenvalue weighted by Gasteiger charge is 2.26. The van der Waals surface area contributed by atoms with Crippen molar-refractivity contribution in [3.63, 3.8) is 0 Å². The summed E-state index contributed by atoms with van der Waals surface area (Å²) in [5, 5.41) is 12.1. The normalized spacial score (nSPS) is 23.5. The molecule has 0 radical (unpaired) electrons. The smallest absolute Gasteiger partial charge is 0.227 e. The summed E-state index contributed by atoms with van der Waals surface area (Å²) in [5.41, 5.74) is 0. The number of ether oxygens (including phenoxy) is 1. The Labute approximate surface area is 127 Å². The van der Waals surface area contributed by atoms with Gasteiger partial charge in [0.05, 0.1) is 31.6 Å². The Morgan fingerprint density at radius 3 is 2.86 bits per heavy atom. The van der Waals surface area contributed by atoms with Crippen LogP contribution in [0, 0.1) is 17.2 Å². The van der Waals surface area contributed by atoms with E-state index in [1.54, 1.807) is 0 Å². The minimum absolute atomic E-state index is 0.0853. The lowest BCUT2D eigenvalue weighted by Crippen LogP contribution is -2.47. The molecule has 0 aromatic rings. The van der Waals surface area contributed by atoms with Crippen molar-refractivity contribution in [3.05, 3.63) is 0 Å². The van der Waals surface area contributed by atoms with Gasteiger partial charge in [0.2, 0.25) is 5.91 Å². The van der Waals surface area contributed by atoms with Gasteiger partial charge in [-0.15, -0.1) is 0 Å². The predicted octanol–water partition coefficient (Wildman–Crippen LogP) is 0.0605. The minimum atomic E-state index is 0.0853. The molecule has 2 heterocycles. The van der Waals surface area contributed by atoms with E-state index in [0.29, 0.717) is 13.0 Å². The lowest BCUT2D eigenvalue weighted by molar-refractivity contribution is -0.136. The molecule has 0 aromatic carbocycles. The van der Waals surface area contributed by atoms with Gasteiger partial charge in [-0.1, -0.05) is 0 Å². The molecule has 21 heavy (non-hydrogen) atoms. The first-order valence-corrected chi connectivity index (χ1v) is 7.98. The van der Waals surface area contributed by atoms with Crippen LogP contribution in [0.3, 0.4) is 0 Å². The maximum Gasteiger partial charge on any atom is 0.227 e. The topological polar surface area (TPSA) is 68.6 Å². The van der Waals surface area contributed by atoms with Crippen LogP contribution in [0.1, 0.15) is 19.3 Å². The third-order valence-electron chi connectivity index (χ3n) is 4.24. The highest BCUT2D eigenvalue weighted by atomic mass is 16.5. The highest BCUT2D eigenvalue weighted by Crippen LogP contribution is 2.14. The average Bonchev–Trinajstić information content (AvgIpc) is 2.56. The van der Waals surface area contributed by atoms with Crippen LogP contribution in [-0.2, 0) is 9.53 Å². The van der Waals surface area contributed by atoms with Gasteiger partial charge in [-0.05, 0) is 19.4 Å². The molecule has 1 N–H and O–H groups in total. The number of amides is 1. The van der Waals surface area contributed by atoms with E-state index in [1.165, 1.54) is 0 Å². The monoisotopic (exact) mass is 294 g/mol. The Hall–Kier alpha value is -1.16. The van der Waals surface area contributed by atoms with Crippen LogP contribution in [-0.4, -0.2) is 74.7 Å². The average molecular weight is 294 g/mol. The second kappa shape index (κ2) is 8.98. The van der Waals surface area contributed by atoms with Crippen molar-refractivity contribution >= 4 is 5.91 Å². The summed E-state index contributed by atoms with van der Waals surface area (Å²) >= 11 is 0. The van der Waals surface area contributed by atoms with Crippen molar-refractivity contribution in [2.45, 2.75) is 19.3 Å². The van der Waals surface area contributed by atoms with Gasteiger partial charge in [0.15, 0.2) is 0 Å². The van der Waals surface area contributed by atoms with Gasteiger partial charge in [-0.25, -0.2) is 0 Å². The molecule has 1 amide bonds. The number of morpholine rings is 1. The van der Waals surface area contributed by atoms with Gasteiger partial charge < -0.3 is 15.0 Å². The van der Waals surface area contributed by atoms with Crippen molar-refractivity contribution in [1.29, 1.82) is 5.26 Å². The number of carbonyl (C=O) groups is 1. The van der Waals surface area contributed by atoms with Crippen molar-refractivity contribution in [2.24, 2.45) is 5.92 Å². The Kier molecular flexibility index (Phi) is 6.93. The molecule has 0 saturated carbocycles. The number of hydrogen-bond acceptors (Lipinski definition) is 5. The van der Waals surface area contributed by atoms with Crippen molar-refractivity contribution in [3.8, 4) is 6.07 Å². The number of rotatable bonds is 6. The second-order valence-electron chi connectivity index (χ2n) is 5.73. The molecule has 2 fully saturated rings. The number of piperidine rings is 1. The molecular formula is C15H26N4O2. The van der Waals surface area contributed by atoms with Crippen LogP contribution >= 0.6 is 0 Å². The van der Waals surface area contributed by atoms with Crippen LogP contribution in [0.2, 0.25) is 0 Å². The van der Waals surface area contributed by atoms with Crippen molar-refractivity contribution < 1.29 is 9.53 Å². The fourth-order valence-corrected chi connectivity index (χ4v) is 2.92. The summed E-state index contributed by atoms with van der Waals surface area (Å²) in [4.78, 5) is 16.8. The number of carbonyl (C=O) groups excluding carboxylic acids is 1. The Morgan fingerprint density at radius 1 is 1.38 bits per heavy atom. The van der Waals surface area contributed by atoms with E-state index in [1.807, 2.05) is 4.90 Å². The summed E-state index contributed by atoms with van der Waals surface area (Å²) in [6.45, 7) is 7.36. The van der Waals surface area contributed by atoms with Gasteiger partial charge in [0, 0.05) is 39.3 Å². The molecule has 1 atom stereocenters. The van der Waals surface area contributed by atoms with Crippen LogP contribution in [0.15, 0.2) is 0 Å². The standard InChI is InChI=1S/C15H26N4O2/c16-4-2-6-19(8-7-18-9-11-21-12-10-18)15(20)14-3-1-5-17-13-14/h14,17H,1-3,5-13H2/t14-/m0/s1. The van der Waals surface area contributed by atoms with Crippen molar-refractivity contribution in [2.75, 3.05) is 59.0 Å². The van der Waals surface area contributed by atoms with E-state index in [9.17, 15) is 4.79 Å². The molecule has 6 nitrogen and oxygen atoms in total. The molecule has 2 aliphatic rings. The van der Waals surface area contributed by atoms with Gasteiger partial charge in [0.1, 0.15) is 0 Å². The van der Waals surface area contributed by atoms with Crippen LogP contribution in [0.5, 0.6) is 0 Å². The first-order chi connectivity index (χ1) is 10.3. The Morgan fingerprint density at radius 2 is 2.19 bits per heavy atom. The molecular weight excluding hydrogens is 268 g/mol. The first kappa shape index (κ1) is 16.2. The first-order valence-electron chi connectivity index (χ1n) is 7.98. The zero-order chi connectivity index (χ0) is 14.9. The largest absolute Gasteiger partial charge is 0.379 e. The molecule has 118 valence electrons. The summed E-state index contributed by atoms with van der Waals surface area (Å²) in [6, 6.07) is 2.15. The number of nitriles is 1. The van der Waals surface area contributed by atoms with E-state index < -0.39 is 0 Å². The molecule has 6 heteroatoms. The lowest BCUT2D eigenvalue weighted by Gasteiger charge is -2.32. The second-order valence-corrected chi connectivity index (χ2v) is 5.73. The summed E-state index contributed by atoms with van der Waals surface area (Å²) in [5.74, 6) is 0.299. The minimum Gasteiger partial charge on any atom is -0.379 e. The third kappa shape index (κ3) is 5.27. The number of nitrogens with one attached hydrogen (secondary N) is 1. The van der Waals surface area contributed by atoms with E-state index in [-0.39, 0.29) is 11.8 Å².